The lowest BCUT2D eigenvalue weighted by Crippen LogP contribution is -2.41. The average molecular weight is 448 g/mol. The third-order valence-electron chi connectivity index (χ3n) is 6.35. The molecule has 2 rings (SSSR count). The monoisotopic (exact) mass is 447 g/mol. The van der Waals surface area contributed by atoms with Gasteiger partial charge in [-0.25, -0.2) is 9.18 Å². The maximum Gasteiger partial charge on any atom is 0.328 e. The van der Waals surface area contributed by atoms with Crippen molar-refractivity contribution in [2.75, 3.05) is 13.2 Å². The lowest BCUT2D eigenvalue weighted by atomic mass is 10.0. The number of hydrogen-bond acceptors (Lipinski definition) is 3. The van der Waals surface area contributed by atoms with E-state index in [0.717, 1.165) is 19.3 Å². The molecule has 0 bridgehead atoms. The summed E-state index contributed by atoms with van der Waals surface area (Å²) in [6.07, 6.45) is 18.0. The van der Waals surface area contributed by atoms with Gasteiger partial charge >= 0.3 is 5.97 Å². The van der Waals surface area contributed by atoms with Gasteiger partial charge in [0, 0.05) is 12.1 Å². The molecule has 32 heavy (non-hydrogen) atoms. The predicted octanol–water partition coefficient (Wildman–Crippen LogP) is 7.06. The van der Waals surface area contributed by atoms with Crippen molar-refractivity contribution in [2.45, 2.75) is 109 Å². The molecule has 0 aliphatic carbocycles. The Hall–Kier alpha value is -1.91. The number of benzene rings is 1. The summed E-state index contributed by atoms with van der Waals surface area (Å²) >= 11 is 0. The lowest BCUT2D eigenvalue weighted by Gasteiger charge is -2.23. The van der Waals surface area contributed by atoms with E-state index in [4.69, 9.17) is 4.74 Å². The fraction of sp³-hybridized carbons (Fsp3) is 0.704. The van der Waals surface area contributed by atoms with Crippen LogP contribution in [0, 0.1) is 5.82 Å². The smallest absolute Gasteiger partial charge is 0.328 e. The van der Waals surface area contributed by atoms with Gasteiger partial charge in [-0.1, -0.05) is 90.0 Å². The van der Waals surface area contributed by atoms with Gasteiger partial charge in [0.25, 0.3) is 5.91 Å². The summed E-state index contributed by atoms with van der Waals surface area (Å²) in [7, 11) is 0. The number of carbonyl (C=O) groups excluding carboxylic acids is 2. The molecule has 180 valence electrons. The first-order valence-electron chi connectivity index (χ1n) is 12.9. The van der Waals surface area contributed by atoms with Gasteiger partial charge in [0.1, 0.15) is 11.9 Å². The number of hydrogen-bond donors (Lipinski definition) is 0. The van der Waals surface area contributed by atoms with Crippen molar-refractivity contribution in [3.63, 3.8) is 0 Å². The van der Waals surface area contributed by atoms with E-state index in [-0.39, 0.29) is 17.4 Å². The molecule has 1 fully saturated rings. The Balaban J connectivity index is 1.51. The summed E-state index contributed by atoms with van der Waals surface area (Å²) in [5.74, 6) is -1.08. The zero-order chi connectivity index (χ0) is 23.0. The molecular formula is C27H42FNO3. The third-order valence-corrected chi connectivity index (χ3v) is 6.35. The Kier molecular flexibility index (Phi) is 13.0. The van der Waals surface area contributed by atoms with Crippen molar-refractivity contribution in [1.82, 2.24) is 4.90 Å². The Bertz CT molecular complexity index is 679. The molecule has 1 heterocycles. The molecule has 1 aromatic carbocycles. The molecular weight excluding hydrogens is 405 g/mol. The van der Waals surface area contributed by atoms with Crippen LogP contribution in [-0.4, -0.2) is 36.0 Å². The van der Waals surface area contributed by atoms with Gasteiger partial charge in [0.2, 0.25) is 0 Å². The molecule has 0 spiro atoms. The first-order chi connectivity index (χ1) is 15.6. The Morgan fingerprint density at radius 3 is 2.12 bits per heavy atom. The first kappa shape index (κ1) is 26.3. The fourth-order valence-electron chi connectivity index (χ4n) is 4.43. The maximum atomic E-state index is 13.4. The van der Waals surface area contributed by atoms with Crippen LogP contribution in [-0.2, 0) is 9.53 Å². The number of esters is 1. The van der Waals surface area contributed by atoms with Gasteiger partial charge in [-0.3, -0.25) is 4.79 Å². The molecule has 4 nitrogen and oxygen atoms in total. The molecule has 1 saturated heterocycles. The van der Waals surface area contributed by atoms with Crippen LogP contribution < -0.4 is 0 Å². The summed E-state index contributed by atoms with van der Waals surface area (Å²) < 4.78 is 18.9. The third kappa shape index (κ3) is 9.70. The highest BCUT2D eigenvalue weighted by Crippen LogP contribution is 2.22. The zero-order valence-corrected chi connectivity index (χ0v) is 20.0. The highest BCUT2D eigenvalue weighted by Gasteiger charge is 2.35. The molecule has 0 N–H and O–H groups in total. The topological polar surface area (TPSA) is 46.6 Å². The average Bonchev–Trinajstić information content (AvgIpc) is 3.28. The second-order valence-corrected chi connectivity index (χ2v) is 9.08. The molecule has 1 aliphatic heterocycles. The predicted molar refractivity (Wildman–Crippen MR) is 127 cm³/mol. The van der Waals surface area contributed by atoms with E-state index in [1.807, 2.05) is 0 Å². The van der Waals surface area contributed by atoms with Crippen LogP contribution >= 0.6 is 0 Å². The van der Waals surface area contributed by atoms with Gasteiger partial charge in [0.15, 0.2) is 0 Å². The standard InChI is InChI=1S/C27H42FNO3/c1-2-3-4-5-6-7-8-9-10-11-12-13-14-21-32-27(31)25-19-16-20-29(25)26(30)23-17-15-18-24(28)22-23/h15,17-18,22,25H,2-14,16,19-21H2,1H3. The molecule has 0 aromatic heterocycles. The van der Waals surface area contributed by atoms with Crippen LogP contribution in [0.15, 0.2) is 24.3 Å². The highest BCUT2D eigenvalue weighted by molar-refractivity contribution is 5.97. The number of unbranched alkanes of at least 4 members (excludes halogenated alkanes) is 12. The van der Waals surface area contributed by atoms with E-state index in [1.54, 1.807) is 6.07 Å². The molecule has 0 saturated carbocycles. The summed E-state index contributed by atoms with van der Waals surface area (Å²) in [5.41, 5.74) is 0.279. The van der Waals surface area contributed by atoms with E-state index in [9.17, 15) is 14.0 Å². The normalized spacial score (nSPS) is 15.8. The van der Waals surface area contributed by atoms with Crippen molar-refractivity contribution >= 4 is 11.9 Å². The van der Waals surface area contributed by atoms with Crippen LogP contribution in [0.3, 0.4) is 0 Å². The Morgan fingerprint density at radius 1 is 0.938 bits per heavy atom. The van der Waals surface area contributed by atoms with Gasteiger partial charge < -0.3 is 9.64 Å². The number of rotatable bonds is 16. The Morgan fingerprint density at radius 2 is 1.53 bits per heavy atom. The van der Waals surface area contributed by atoms with Crippen LogP contribution in [0.4, 0.5) is 4.39 Å². The van der Waals surface area contributed by atoms with Crippen LogP contribution in [0.2, 0.25) is 0 Å². The first-order valence-corrected chi connectivity index (χ1v) is 12.9. The van der Waals surface area contributed by atoms with E-state index < -0.39 is 11.9 Å². The second-order valence-electron chi connectivity index (χ2n) is 9.08. The summed E-state index contributed by atoms with van der Waals surface area (Å²) in [5, 5.41) is 0. The van der Waals surface area contributed by atoms with Crippen molar-refractivity contribution in [3.05, 3.63) is 35.6 Å². The second kappa shape index (κ2) is 15.8. The summed E-state index contributed by atoms with van der Waals surface area (Å²) in [6, 6.07) is 5.08. The maximum absolute atomic E-state index is 13.4. The van der Waals surface area contributed by atoms with Gasteiger partial charge in [-0.2, -0.15) is 0 Å². The summed E-state index contributed by atoms with van der Waals surface area (Å²) in [6.45, 7) is 3.18. The molecule has 1 unspecified atom stereocenters. The Labute approximate surface area is 193 Å². The van der Waals surface area contributed by atoms with Crippen molar-refractivity contribution in [1.29, 1.82) is 0 Å². The molecule has 1 amide bonds. The van der Waals surface area contributed by atoms with E-state index in [0.29, 0.717) is 19.6 Å². The van der Waals surface area contributed by atoms with Crippen LogP contribution in [0.5, 0.6) is 0 Å². The van der Waals surface area contributed by atoms with E-state index >= 15 is 0 Å². The molecule has 5 heteroatoms. The molecule has 1 atom stereocenters. The molecule has 0 radical (unpaired) electrons. The van der Waals surface area contributed by atoms with E-state index in [2.05, 4.69) is 6.92 Å². The van der Waals surface area contributed by atoms with Gasteiger partial charge in [-0.15, -0.1) is 0 Å². The minimum absolute atomic E-state index is 0.279. The number of likely N-dealkylation sites (tertiary alicyclic amines) is 1. The SMILES string of the molecule is CCCCCCCCCCCCCCCOC(=O)C1CCCN1C(=O)c1cccc(F)c1. The largest absolute Gasteiger partial charge is 0.464 e. The minimum Gasteiger partial charge on any atom is -0.464 e. The number of amides is 1. The highest BCUT2D eigenvalue weighted by atomic mass is 19.1. The zero-order valence-electron chi connectivity index (χ0n) is 20.0. The fourth-order valence-corrected chi connectivity index (χ4v) is 4.43. The van der Waals surface area contributed by atoms with Crippen LogP contribution in [0.1, 0.15) is 114 Å². The van der Waals surface area contributed by atoms with Crippen molar-refractivity contribution in [3.8, 4) is 0 Å². The number of nitrogens with zero attached hydrogens (tertiary/aromatic N) is 1. The van der Waals surface area contributed by atoms with Crippen LogP contribution in [0.25, 0.3) is 0 Å². The van der Waals surface area contributed by atoms with Gasteiger partial charge in [0.05, 0.1) is 6.61 Å². The summed E-state index contributed by atoms with van der Waals surface area (Å²) in [4.78, 5) is 26.7. The number of ether oxygens (including phenoxy) is 1. The quantitative estimate of drug-likeness (QED) is 0.201. The number of halogens is 1. The van der Waals surface area contributed by atoms with Crippen molar-refractivity contribution in [2.24, 2.45) is 0 Å². The van der Waals surface area contributed by atoms with Gasteiger partial charge in [-0.05, 0) is 37.5 Å². The lowest BCUT2D eigenvalue weighted by molar-refractivity contribution is -0.148. The molecule has 1 aliphatic rings. The van der Waals surface area contributed by atoms with Crippen molar-refractivity contribution < 1.29 is 18.7 Å². The van der Waals surface area contributed by atoms with E-state index in [1.165, 1.54) is 93.7 Å². The number of carbonyl (C=O) groups is 2. The minimum atomic E-state index is -0.548. The molecule has 1 aromatic rings.